The van der Waals surface area contributed by atoms with E-state index in [1.54, 1.807) is 24.3 Å². The molecule has 5 heteroatoms. The molecule has 0 saturated carbocycles. The second-order valence-electron chi connectivity index (χ2n) is 10.9. The van der Waals surface area contributed by atoms with Crippen molar-refractivity contribution in [1.29, 1.82) is 0 Å². The number of halogens is 1. The van der Waals surface area contributed by atoms with Gasteiger partial charge in [-0.25, -0.2) is 0 Å². The van der Waals surface area contributed by atoms with Gasteiger partial charge in [-0.2, -0.15) is 0 Å². The van der Waals surface area contributed by atoms with Crippen molar-refractivity contribution in [3.05, 3.63) is 106 Å². The zero-order valence-electron chi connectivity index (χ0n) is 20.4. The fourth-order valence-corrected chi connectivity index (χ4v) is 6.80. The highest BCUT2D eigenvalue weighted by atomic mass is 79.9. The molecule has 2 aliphatic heterocycles. The van der Waals surface area contributed by atoms with Crippen LogP contribution in [0.25, 0.3) is 6.08 Å². The van der Waals surface area contributed by atoms with Gasteiger partial charge in [0, 0.05) is 32.6 Å². The maximum Gasteiger partial charge on any atom is 0.180 e. The van der Waals surface area contributed by atoms with Crippen LogP contribution in [0.5, 0.6) is 0 Å². The van der Waals surface area contributed by atoms with E-state index in [4.69, 9.17) is 0 Å². The Balaban J connectivity index is 1.70. The summed E-state index contributed by atoms with van der Waals surface area (Å²) in [7, 11) is 0. The van der Waals surface area contributed by atoms with Gasteiger partial charge in [0.1, 0.15) is 5.41 Å². The number of carbonyl (C=O) groups is 3. The van der Waals surface area contributed by atoms with Gasteiger partial charge in [-0.3, -0.25) is 14.4 Å². The Hall–Kier alpha value is -3.31. The van der Waals surface area contributed by atoms with Crippen LogP contribution in [0.1, 0.15) is 58.5 Å². The van der Waals surface area contributed by atoms with Crippen LogP contribution in [0, 0.1) is 10.8 Å². The molecule has 0 aromatic heterocycles. The van der Waals surface area contributed by atoms with E-state index in [-0.39, 0.29) is 17.3 Å². The molecule has 0 amide bonds. The third-order valence-electron chi connectivity index (χ3n) is 7.93. The molecule has 1 saturated heterocycles. The molecular weight excluding hydrogens is 514 g/mol. The second-order valence-corrected chi connectivity index (χ2v) is 11.9. The van der Waals surface area contributed by atoms with Crippen LogP contribution in [0.3, 0.4) is 0 Å². The lowest BCUT2D eigenvalue weighted by Crippen LogP contribution is -2.49. The fraction of sp³-hybridized carbons (Fsp3) is 0.258. The molecule has 0 N–H and O–H groups in total. The molecule has 6 rings (SSSR count). The van der Waals surface area contributed by atoms with Crippen molar-refractivity contribution in [3.63, 3.8) is 0 Å². The van der Waals surface area contributed by atoms with Crippen LogP contribution in [0.4, 0.5) is 5.69 Å². The van der Waals surface area contributed by atoms with Crippen molar-refractivity contribution in [2.75, 3.05) is 4.90 Å². The van der Waals surface area contributed by atoms with Crippen LogP contribution in [0.15, 0.2) is 83.3 Å². The summed E-state index contributed by atoms with van der Waals surface area (Å²) in [4.78, 5) is 45.3. The lowest BCUT2D eigenvalue weighted by Gasteiger charge is -2.38. The first kappa shape index (κ1) is 23.1. The van der Waals surface area contributed by atoms with Gasteiger partial charge < -0.3 is 4.90 Å². The predicted molar refractivity (Wildman–Crippen MR) is 144 cm³/mol. The smallest absolute Gasteiger partial charge is 0.180 e. The number of ketones is 3. The minimum atomic E-state index is -1.43. The molecule has 4 nitrogen and oxygen atoms in total. The highest BCUT2D eigenvalue weighted by Gasteiger charge is 2.71. The highest BCUT2D eigenvalue weighted by Crippen LogP contribution is 2.61. The molecule has 3 aliphatic rings. The molecule has 1 fully saturated rings. The van der Waals surface area contributed by atoms with Crippen molar-refractivity contribution in [2.45, 2.75) is 38.8 Å². The van der Waals surface area contributed by atoms with Gasteiger partial charge in [0.25, 0.3) is 0 Å². The molecule has 3 aromatic rings. The number of Topliss-reactive ketones (excluding diaryl/α,β-unsaturated/α-hetero) is 3. The van der Waals surface area contributed by atoms with E-state index in [1.807, 2.05) is 81.5 Å². The summed E-state index contributed by atoms with van der Waals surface area (Å²) in [6.07, 6.45) is 3.95. The first-order valence-corrected chi connectivity index (χ1v) is 13.0. The molecule has 0 unspecified atom stereocenters. The van der Waals surface area contributed by atoms with Gasteiger partial charge in [0.05, 0.1) is 12.1 Å². The average Bonchev–Trinajstić information content (AvgIpc) is 3.29. The number of rotatable bonds is 2. The zero-order chi connectivity index (χ0) is 25.4. The molecule has 36 heavy (non-hydrogen) atoms. The van der Waals surface area contributed by atoms with E-state index in [0.717, 1.165) is 21.3 Å². The third kappa shape index (κ3) is 2.95. The maximum absolute atomic E-state index is 14.5. The Morgan fingerprint density at radius 1 is 0.889 bits per heavy atom. The summed E-state index contributed by atoms with van der Waals surface area (Å²) in [5.74, 6) is -1.01. The molecular formula is C31H26BrNO3. The predicted octanol–water partition coefficient (Wildman–Crippen LogP) is 6.50. The number of fused-ring (bicyclic) bond motifs is 5. The Kier molecular flexibility index (Phi) is 5.03. The lowest BCUT2D eigenvalue weighted by molar-refractivity contribution is -0.127. The standard InChI is InChI=1S/C31H26BrNO3/c1-30(2,3)29(36)26-25(18-9-5-4-6-10-18)31(27(34)21-11-7-8-12-22(21)28(31)35)24-16-13-19-17-20(32)14-15-23(19)33(24)26/h4-17,24-26H,1-3H3/t24-,25+,26-/m0/s1. The summed E-state index contributed by atoms with van der Waals surface area (Å²) < 4.78 is 0.928. The van der Waals surface area contributed by atoms with Gasteiger partial charge >= 0.3 is 0 Å². The van der Waals surface area contributed by atoms with Gasteiger partial charge in [0.15, 0.2) is 17.3 Å². The molecule has 2 heterocycles. The maximum atomic E-state index is 14.5. The molecule has 0 bridgehead atoms. The van der Waals surface area contributed by atoms with E-state index >= 15 is 0 Å². The van der Waals surface area contributed by atoms with Crippen LogP contribution in [-0.4, -0.2) is 29.4 Å². The minimum Gasteiger partial charge on any atom is -0.352 e. The minimum absolute atomic E-state index is 0.0129. The number of hydrogen-bond donors (Lipinski definition) is 0. The lowest BCUT2D eigenvalue weighted by atomic mass is 9.63. The van der Waals surface area contributed by atoms with Gasteiger partial charge in [0.2, 0.25) is 0 Å². The molecule has 1 aliphatic carbocycles. The van der Waals surface area contributed by atoms with Crippen molar-refractivity contribution >= 4 is 45.0 Å². The summed E-state index contributed by atoms with van der Waals surface area (Å²) in [6.45, 7) is 5.73. The molecule has 0 radical (unpaired) electrons. The van der Waals surface area contributed by atoms with E-state index in [2.05, 4.69) is 20.8 Å². The van der Waals surface area contributed by atoms with E-state index in [0.29, 0.717) is 11.1 Å². The number of carbonyl (C=O) groups excluding carboxylic acids is 3. The van der Waals surface area contributed by atoms with Crippen LogP contribution < -0.4 is 4.90 Å². The van der Waals surface area contributed by atoms with Crippen molar-refractivity contribution in [3.8, 4) is 0 Å². The van der Waals surface area contributed by atoms with E-state index in [9.17, 15) is 14.4 Å². The van der Waals surface area contributed by atoms with Crippen LogP contribution >= 0.6 is 15.9 Å². The third-order valence-corrected chi connectivity index (χ3v) is 8.43. The van der Waals surface area contributed by atoms with Crippen molar-refractivity contribution < 1.29 is 14.4 Å². The fourth-order valence-electron chi connectivity index (χ4n) is 6.42. The number of nitrogens with zero attached hydrogens (tertiary/aromatic N) is 1. The largest absolute Gasteiger partial charge is 0.352 e. The van der Waals surface area contributed by atoms with E-state index < -0.39 is 28.8 Å². The normalized spacial score (nSPS) is 23.6. The number of anilines is 1. The van der Waals surface area contributed by atoms with Crippen LogP contribution in [-0.2, 0) is 4.79 Å². The molecule has 3 aromatic carbocycles. The summed E-state index contributed by atoms with van der Waals surface area (Å²) in [5, 5.41) is 0. The quantitative estimate of drug-likeness (QED) is 0.349. The van der Waals surface area contributed by atoms with Crippen molar-refractivity contribution in [2.24, 2.45) is 10.8 Å². The zero-order valence-corrected chi connectivity index (χ0v) is 22.0. The molecule has 1 spiro atoms. The summed E-state index contributed by atoms with van der Waals surface area (Å²) in [5.41, 5.74) is 1.43. The Bertz CT molecular complexity index is 1430. The highest BCUT2D eigenvalue weighted by molar-refractivity contribution is 9.10. The number of hydrogen-bond acceptors (Lipinski definition) is 4. The molecule has 180 valence electrons. The first-order valence-electron chi connectivity index (χ1n) is 12.2. The van der Waals surface area contributed by atoms with Gasteiger partial charge in [-0.1, -0.05) is 103 Å². The van der Waals surface area contributed by atoms with Crippen molar-refractivity contribution in [1.82, 2.24) is 0 Å². The Morgan fingerprint density at radius 2 is 1.50 bits per heavy atom. The van der Waals surface area contributed by atoms with Gasteiger partial charge in [-0.05, 0) is 29.3 Å². The first-order chi connectivity index (χ1) is 17.2. The summed E-state index contributed by atoms with van der Waals surface area (Å²) >= 11 is 3.56. The Labute approximate surface area is 219 Å². The Morgan fingerprint density at radius 3 is 2.11 bits per heavy atom. The van der Waals surface area contributed by atoms with E-state index in [1.165, 1.54) is 0 Å². The van der Waals surface area contributed by atoms with Crippen LogP contribution in [0.2, 0.25) is 0 Å². The SMILES string of the molecule is CC(C)(C)C(=O)[C@@H]1[C@@H](c2ccccc2)C2(C(=O)c3ccccc3C2=O)[C@@H]2C=Cc3cc(Br)ccc3N12. The summed E-state index contributed by atoms with van der Waals surface area (Å²) in [6, 6.07) is 21.4. The van der Waals surface area contributed by atoms with Gasteiger partial charge in [-0.15, -0.1) is 0 Å². The monoisotopic (exact) mass is 539 g/mol. The second kappa shape index (κ2) is 7.84. The number of benzene rings is 3. The topological polar surface area (TPSA) is 54.5 Å². The molecule has 3 atom stereocenters. The average molecular weight is 540 g/mol.